The molecule has 2 saturated carbocycles. The van der Waals surface area contributed by atoms with Gasteiger partial charge in [0.05, 0.1) is 13.4 Å². The number of methoxy groups -OCH3 is 1. The van der Waals surface area contributed by atoms with Crippen molar-refractivity contribution < 1.29 is 4.74 Å². The Kier molecular flexibility index (Phi) is 4.27. The van der Waals surface area contributed by atoms with E-state index in [1.165, 1.54) is 44.9 Å². The van der Waals surface area contributed by atoms with Gasteiger partial charge in [0.25, 0.3) is 0 Å². The van der Waals surface area contributed by atoms with E-state index in [9.17, 15) is 0 Å². The smallest absolute Gasteiger partial charge is 0.0790 e. The molecular weight excluding hydrogens is 280 g/mol. The third-order valence-corrected chi connectivity index (χ3v) is 7.57. The molecule has 3 aliphatic carbocycles. The molecule has 2 fully saturated rings. The highest BCUT2D eigenvalue weighted by Crippen LogP contribution is 2.64. The third-order valence-electron chi connectivity index (χ3n) is 7.57. The van der Waals surface area contributed by atoms with Crippen molar-refractivity contribution in [2.75, 3.05) is 7.11 Å². The second kappa shape index (κ2) is 5.83. The molecule has 1 heteroatoms. The second-order valence-corrected chi connectivity index (χ2v) is 9.10. The monoisotopic (exact) mass is 314 g/mol. The molecule has 1 nitrogen and oxygen atoms in total. The van der Waals surface area contributed by atoms with E-state index in [2.05, 4.69) is 45.6 Å². The average Bonchev–Trinajstić information content (AvgIpc) is 2.52. The highest BCUT2D eigenvalue weighted by Gasteiger charge is 2.54. The largest absolute Gasteiger partial charge is 0.505 e. The van der Waals surface area contributed by atoms with Gasteiger partial charge in [-0.25, -0.2) is 0 Å². The molecule has 0 spiro atoms. The zero-order valence-corrected chi connectivity index (χ0v) is 15.5. The van der Waals surface area contributed by atoms with Gasteiger partial charge < -0.3 is 4.74 Å². The van der Waals surface area contributed by atoms with E-state index in [-0.39, 0.29) is 5.41 Å². The summed E-state index contributed by atoms with van der Waals surface area (Å²) in [5.41, 5.74) is 2.79. The zero-order chi connectivity index (χ0) is 16.7. The summed E-state index contributed by atoms with van der Waals surface area (Å²) in [6, 6.07) is 0. The summed E-state index contributed by atoms with van der Waals surface area (Å²) < 4.78 is 5.26. The van der Waals surface area contributed by atoms with Crippen molar-refractivity contribution >= 4 is 0 Å². The van der Waals surface area contributed by atoms with Crippen molar-refractivity contribution in [1.29, 1.82) is 0 Å². The van der Waals surface area contributed by atoms with E-state index >= 15 is 0 Å². The van der Waals surface area contributed by atoms with Gasteiger partial charge >= 0.3 is 0 Å². The van der Waals surface area contributed by atoms with Gasteiger partial charge in [0.1, 0.15) is 0 Å². The number of rotatable bonds is 3. The van der Waals surface area contributed by atoms with Gasteiger partial charge in [-0.1, -0.05) is 44.9 Å². The molecule has 0 bridgehead atoms. The van der Waals surface area contributed by atoms with Gasteiger partial charge in [-0.2, -0.15) is 0 Å². The molecular formula is C22H34O. The van der Waals surface area contributed by atoms with Gasteiger partial charge in [0.2, 0.25) is 0 Å². The Morgan fingerprint density at radius 3 is 2.70 bits per heavy atom. The fraction of sp³-hybridized carbons (Fsp3) is 0.727. The lowest BCUT2D eigenvalue weighted by atomic mass is 9.45. The number of ether oxygens (including phenoxy) is 1. The standard InChI is InChI=1S/C22H34O/c1-6-20(2)13-10-18-17(16-20)8-9-19-21(3,14-15-23-5)11-7-12-22(18,19)4/h6,8,14-15,18-19H,1,7,9-13,16H2,2-5H3/b15-14+/t18?,19-,20-,21-,22+/m0/s1. The number of hydrogen-bond acceptors (Lipinski definition) is 1. The van der Waals surface area contributed by atoms with Crippen LogP contribution >= 0.6 is 0 Å². The first-order valence-electron chi connectivity index (χ1n) is 9.40. The van der Waals surface area contributed by atoms with E-state index in [1.54, 1.807) is 12.7 Å². The molecule has 5 atom stereocenters. The second-order valence-electron chi connectivity index (χ2n) is 9.10. The van der Waals surface area contributed by atoms with Crippen LogP contribution < -0.4 is 0 Å². The first-order valence-corrected chi connectivity index (χ1v) is 9.40. The number of fused-ring (bicyclic) bond motifs is 3. The Morgan fingerprint density at radius 1 is 1.22 bits per heavy atom. The van der Waals surface area contributed by atoms with Crippen LogP contribution in [0.3, 0.4) is 0 Å². The molecule has 3 rings (SSSR count). The Bertz CT molecular complexity index is 530. The van der Waals surface area contributed by atoms with Crippen LogP contribution in [0.5, 0.6) is 0 Å². The quantitative estimate of drug-likeness (QED) is 0.440. The maximum absolute atomic E-state index is 5.26. The van der Waals surface area contributed by atoms with Gasteiger partial charge in [0, 0.05) is 0 Å². The lowest BCUT2D eigenvalue weighted by Crippen LogP contribution is -2.50. The third kappa shape index (κ3) is 2.71. The summed E-state index contributed by atoms with van der Waals surface area (Å²) in [7, 11) is 1.76. The summed E-state index contributed by atoms with van der Waals surface area (Å²) in [6.07, 6.45) is 18.2. The Morgan fingerprint density at radius 2 is 2.00 bits per heavy atom. The predicted octanol–water partition coefficient (Wildman–Crippen LogP) is 6.28. The fourth-order valence-corrected chi connectivity index (χ4v) is 6.08. The topological polar surface area (TPSA) is 9.23 Å². The van der Waals surface area contributed by atoms with Crippen LogP contribution in [0.2, 0.25) is 0 Å². The minimum absolute atomic E-state index is 0.282. The Hall–Kier alpha value is -0.980. The van der Waals surface area contributed by atoms with Crippen LogP contribution in [-0.2, 0) is 4.74 Å². The molecule has 3 aliphatic rings. The SMILES string of the molecule is C=C[C@@]1(C)CCC2C(=CC[C@H]3[C@](C)(/C=C/OC)CCC[C@]23C)C1. The summed E-state index contributed by atoms with van der Waals surface area (Å²) >= 11 is 0. The highest BCUT2D eigenvalue weighted by molar-refractivity contribution is 5.26. The summed E-state index contributed by atoms with van der Waals surface area (Å²) in [5, 5.41) is 0. The van der Waals surface area contributed by atoms with Crippen LogP contribution in [0.25, 0.3) is 0 Å². The summed E-state index contributed by atoms with van der Waals surface area (Å²) in [6.45, 7) is 11.5. The van der Waals surface area contributed by atoms with Crippen molar-refractivity contribution in [2.45, 2.75) is 65.7 Å². The molecule has 0 aliphatic heterocycles. The fourth-order valence-electron chi connectivity index (χ4n) is 6.08. The van der Waals surface area contributed by atoms with Crippen molar-refractivity contribution in [3.8, 4) is 0 Å². The molecule has 0 radical (unpaired) electrons. The van der Waals surface area contributed by atoms with Crippen LogP contribution in [0, 0.1) is 28.1 Å². The van der Waals surface area contributed by atoms with Gasteiger partial charge in [-0.15, -0.1) is 6.58 Å². The van der Waals surface area contributed by atoms with E-state index in [0.717, 1.165) is 11.8 Å². The first kappa shape index (κ1) is 16.9. The predicted molar refractivity (Wildman–Crippen MR) is 98.0 cm³/mol. The summed E-state index contributed by atoms with van der Waals surface area (Å²) in [4.78, 5) is 0. The molecule has 128 valence electrons. The summed E-state index contributed by atoms with van der Waals surface area (Å²) in [5.74, 6) is 1.53. The first-order chi connectivity index (χ1) is 10.9. The molecule has 1 unspecified atom stereocenters. The van der Waals surface area contributed by atoms with E-state index in [0.29, 0.717) is 10.8 Å². The van der Waals surface area contributed by atoms with Crippen LogP contribution in [0.1, 0.15) is 65.7 Å². The molecule has 23 heavy (non-hydrogen) atoms. The highest BCUT2D eigenvalue weighted by atomic mass is 16.5. The van der Waals surface area contributed by atoms with E-state index in [1.807, 2.05) is 6.26 Å². The number of allylic oxidation sites excluding steroid dienone is 4. The molecule has 0 heterocycles. The van der Waals surface area contributed by atoms with Gasteiger partial charge in [-0.3, -0.25) is 0 Å². The maximum Gasteiger partial charge on any atom is 0.0790 e. The van der Waals surface area contributed by atoms with Crippen LogP contribution in [-0.4, -0.2) is 7.11 Å². The minimum atomic E-state index is 0.282. The Labute approximate surface area is 142 Å². The van der Waals surface area contributed by atoms with E-state index < -0.39 is 0 Å². The molecule has 0 saturated heterocycles. The minimum Gasteiger partial charge on any atom is -0.505 e. The Balaban J connectivity index is 1.93. The van der Waals surface area contributed by atoms with Crippen molar-refractivity contribution in [1.82, 2.24) is 0 Å². The van der Waals surface area contributed by atoms with Crippen molar-refractivity contribution in [3.63, 3.8) is 0 Å². The average molecular weight is 315 g/mol. The number of hydrogen-bond donors (Lipinski definition) is 0. The lowest BCUT2D eigenvalue weighted by Gasteiger charge is -2.59. The van der Waals surface area contributed by atoms with E-state index in [4.69, 9.17) is 4.74 Å². The van der Waals surface area contributed by atoms with Crippen LogP contribution in [0.15, 0.2) is 36.6 Å². The molecule has 0 aromatic rings. The van der Waals surface area contributed by atoms with Crippen molar-refractivity contribution in [3.05, 3.63) is 36.6 Å². The zero-order valence-electron chi connectivity index (χ0n) is 15.5. The van der Waals surface area contributed by atoms with Gasteiger partial charge in [-0.05, 0) is 72.7 Å². The molecule has 0 aromatic heterocycles. The lowest BCUT2D eigenvalue weighted by molar-refractivity contribution is -0.0363. The van der Waals surface area contributed by atoms with Crippen molar-refractivity contribution in [2.24, 2.45) is 28.1 Å². The van der Waals surface area contributed by atoms with Crippen LogP contribution in [0.4, 0.5) is 0 Å². The maximum atomic E-state index is 5.26. The molecule has 0 amide bonds. The molecule has 0 N–H and O–H groups in total. The van der Waals surface area contributed by atoms with Gasteiger partial charge in [0.15, 0.2) is 0 Å². The normalized spacial score (nSPS) is 46.7. The molecule has 0 aromatic carbocycles.